The van der Waals surface area contributed by atoms with E-state index in [0.29, 0.717) is 0 Å². The molecule has 3 rings (SSSR count). The van der Waals surface area contributed by atoms with Crippen LogP contribution in [0.4, 0.5) is 0 Å². The van der Waals surface area contributed by atoms with E-state index in [1.807, 2.05) is 12.1 Å². The Balaban J connectivity index is 1.46. The predicted molar refractivity (Wildman–Crippen MR) is 96.8 cm³/mol. The van der Waals surface area contributed by atoms with Crippen molar-refractivity contribution >= 4 is 0 Å². The molecular formula is C20H32N2O2. The Morgan fingerprint density at radius 1 is 1.08 bits per heavy atom. The molecule has 4 heteroatoms. The van der Waals surface area contributed by atoms with Crippen LogP contribution in [0.15, 0.2) is 24.3 Å². The molecule has 2 heterocycles. The molecule has 1 N–H and O–H groups in total. The van der Waals surface area contributed by atoms with Gasteiger partial charge in [0.25, 0.3) is 0 Å². The lowest BCUT2D eigenvalue weighted by Gasteiger charge is -2.40. The highest BCUT2D eigenvalue weighted by Crippen LogP contribution is 2.29. The van der Waals surface area contributed by atoms with Gasteiger partial charge < -0.3 is 14.7 Å². The minimum Gasteiger partial charge on any atom is -0.392 e. The molecule has 0 aliphatic carbocycles. The summed E-state index contributed by atoms with van der Waals surface area (Å²) in [6.45, 7) is 12.2. The van der Waals surface area contributed by atoms with Crippen molar-refractivity contribution in [1.29, 1.82) is 0 Å². The fourth-order valence-electron chi connectivity index (χ4n) is 4.12. The topological polar surface area (TPSA) is 35.9 Å². The molecule has 4 nitrogen and oxygen atoms in total. The number of nitrogens with zero attached hydrogens (tertiary/aromatic N) is 2. The van der Waals surface area contributed by atoms with E-state index in [2.05, 4.69) is 35.8 Å². The van der Waals surface area contributed by atoms with Gasteiger partial charge in [-0.1, -0.05) is 24.3 Å². The summed E-state index contributed by atoms with van der Waals surface area (Å²) in [5.74, 6) is 0.774. The molecule has 0 saturated carbocycles. The molecule has 1 aromatic carbocycles. The van der Waals surface area contributed by atoms with Crippen LogP contribution in [-0.4, -0.2) is 59.8 Å². The highest BCUT2D eigenvalue weighted by molar-refractivity contribution is 5.26. The summed E-state index contributed by atoms with van der Waals surface area (Å²) in [4.78, 5) is 5.14. The van der Waals surface area contributed by atoms with Crippen LogP contribution in [0.5, 0.6) is 0 Å². The lowest BCUT2D eigenvalue weighted by Crippen LogP contribution is -2.48. The molecule has 0 amide bonds. The zero-order valence-electron chi connectivity index (χ0n) is 15.2. The Hall–Kier alpha value is -0.940. The summed E-state index contributed by atoms with van der Waals surface area (Å²) < 4.78 is 5.84. The Bertz CT molecular complexity index is 524. The molecule has 1 atom stereocenters. The summed E-state index contributed by atoms with van der Waals surface area (Å²) in [6, 6.07) is 8.24. The van der Waals surface area contributed by atoms with Crippen LogP contribution in [0, 0.1) is 5.92 Å². The zero-order valence-corrected chi connectivity index (χ0v) is 15.2. The maximum Gasteiger partial charge on any atom is 0.0685 e. The molecule has 0 spiro atoms. The van der Waals surface area contributed by atoms with Gasteiger partial charge in [0.2, 0.25) is 0 Å². The zero-order chi connectivity index (χ0) is 17.0. The summed E-state index contributed by atoms with van der Waals surface area (Å²) >= 11 is 0. The number of aliphatic hydroxyl groups is 1. The van der Waals surface area contributed by atoms with Crippen LogP contribution in [0.3, 0.4) is 0 Å². The fraction of sp³-hybridized carbons (Fsp3) is 0.700. The minimum absolute atomic E-state index is 0.0543. The van der Waals surface area contributed by atoms with E-state index in [0.717, 1.165) is 50.8 Å². The van der Waals surface area contributed by atoms with Crippen molar-refractivity contribution in [1.82, 2.24) is 9.80 Å². The van der Waals surface area contributed by atoms with Crippen molar-refractivity contribution in [2.75, 3.05) is 39.3 Å². The first-order valence-electron chi connectivity index (χ1n) is 9.32. The van der Waals surface area contributed by atoms with Crippen molar-refractivity contribution in [3.8, 4) is 0 Å². The van der Waals surface area contributed by atoms with Gasteiger partial charge in [-0.3, -0.25) is 4.90 Å². The van der Waals surface area contributed by atoms with E-state index < -0.39 is 0 Å². The summed E-state index contributed by atoms with van der Waals surface area (Å²) in [5.41, 5.74) is 2.38. The van der Waals surface area contributed by atoms with E-state index in [4.69, 9.17) is 4.74 Å². The first-order valence-corrected chi connectivity index (χ1v) is 9.32. The van der Waals surface area contributed by atoms with Gasteiger partial charge in [0, 0.05) is 45.9 Å². The number of benzene rings is 1. The molecule has 2 aliphatic heterocycles. The second kappa shape index (κ2) is 7.96. The van der Waals surface area contributed by atoms with Gasteiger partial charge in [-0.2, -0.15) is 0 Å². The molecule has 0 bridgehead atoms. The second-order valence-electron chi connectivity index (χ2n) is 7.97. The number of hydrogen-bond acceptors (Lipinski definition) is 4. The highest BCUT2D eigenvalue weighted by atomic mass is 16.5. The van der Waals surface area contributed by atoms with E-state index >= 15 is 0 Å². The van der Waals surface area contributed by atoms with Crippen molar-refractivity contribution in [2.24, 2.45) is 5.92 Å². The third-order valence-electron chi connectivity index (χ3n) is 5.46. The van der Waals surface area contributed by atoms with E-state index in [1.165, 1.54) is 24.9 Å². The maximum atomic E-state index is 9.48. The summed E-state index contributed by atoms with van der Waals surface area (Å²) in [5, 5.41) is 9.48. The van der Waals surface area contributed by atoms with E-state index in [9.17, 15) is 5.11 Å². The first-order chi connectivity index (χ1) is 11.6. The van der Waals surface area contributed by atoms with Crippen LogP contribution in [0.1, 0.15) is 37.8 Å². The molecule has 0 radical (unpaired) electrons. The van der Waals surface area contributed by atoms with Gasteiger partial charge in [0.15, 0.2) is 0 Å². The van der Waals surface area contributed by atoms with Gasteiger partial charge in [-0.15, -0.1) is 0 Å². The fourth-order valence-corrected chi connectivity index (χ4v) is 4.12. The molecule has 1 aromatic rings. The summed E-state index contributed by atoms with van der Waals surface area (Å²) in [6.07, 6.45) is 2.38. The van der Waals surface area contributed by atoms with Crippen molar-refractivity contribution in [2.45, 2.75) is 45.4 Å². The quantitative estimate of drug-likeness (QED) is 0.899. The van der Waals surface area contributed by atoms with Crippen LogP contribution in [-0.2, 0) is 17.9 Å². The average Bonchev–Trinajstić information content (AvgIpc) is 2.56. The molecule has 2 aliphatic rings. The monoisotopic (exact) mass is 332 g/mol. The van der Waals surface area contributed by atoms with E-state index in [1.54, 1.807) is 0 Å². The number of rotatable bonds is 5. The second-order valence-corrected chi connectivity index (χ2v) is 7.97. The Morgan fingerprint density at radius 3 is 2.42 bits per heavy atom. The Labute approximate surface area is 146 Å². The van der Waals surface area contributed by atoms with E-state index in [-0.39, 0.29) is 12.2 Å². The average molecular weight is 332 g/mol. The van der Waals surface area contributed by atoms with Gasteiger partial charge in [-0.05, 0) is 43.7 Å². The molecule has 24 heavy (non-hydrogen) atoms. The van der Waals surface area contributed by atoms with Crippen LogP contribution in [0.25, 0.3) is 0 Å². The van der Waals surface area contributed by atoms with Crippen molar-refractivity contribution < 1.29 is 9.84 Å². The highest BCUT2D eigenvalue weighted by Gasteiger charge is 2.30. The molecule has 2 saturated heterocycles. The number of ether oxygens (including phenoxy) is 1. The molecule has 134 valence electrons. The largest absolute Gasteiger partial charge is 0.392 e. The summed E-state index contributed by atoms with van der Waals surface area (Å²) in [7, 11) is 0. The van der Waals surface area contributed by atoms with Crippen molar-refractivity contribution in [3.05, 3.63) is 35.4 Å². The van der Waals surface area contributed by atoms with Gasteiger partial charge >= 0.3 is 0 Å². The SMILES string of the molecule is CC1(C)C[C@H](CN2CCN(Cc3ccccc3CO)CC2)CCO1. The number of hydrogen-bond donors (Lipinski definition) is 1. The lowest BCUT2D eigenvalue weighted by atomic mass is 9.88. The normalized spacial score (nSPS) is 25.7. The first kappa shape index (κ1) is 17.9. The van der Waals surface area contributed by atoms with Crippen LogP contribution < -0.4 is 0 Å². The predicted octanol–water partition coefficient (Wildman–Crippen LogP) is 2.50. The third kappa shape index (κ3) is 4.79. The van der Waals surface area contributed by atoms with Crippen LogP contribution >= 0.6 is 0 Å². The number of piperazine rings is 1. The van der Waals surface area contributed by atoms with Gasteiger partial charge in [0.1, 0.15) is 0 Å². The Kier molecular flexibility index (Phi) is 5.93. The van der Waals surface area contributed by atoms with Gasteiger partial charge in [0.05, 0.1) is 12.2 Å². The van der Waals surface area contributed by atoms with Crippen molar-refractivity contribution in [3.63, 3.8) is 0 Å². The molecule has 0 unspecified atom stereocenters. The molecule has 0 aromatic heterocycles. The molecular weight excluding hydrogens is 300 g/mol. The third-order valence-corrected chi connectivity index (χ3v) is 5.46. The minimum atomic E-state index is 0.0543. The number of aliphatic hydroxyl groups excluding tert-OH is 1. The maximum absolute atomic E-state index is 9.48. The van der Waals surface area contributed by atoms with Crippen LogP contribution in [0.2, 0.25) is 0 Å². The standard InChI is InChI=1S/C20H32N2O2/c1-20(2)13-17(7-12-24-20)14-21-8-10-22(11-9-21)15-18-5-3-4-6-19(18)16-23/h3-6,17,23H,7-16H2,1-2H3/t17-/m1/s1. The smallest absolute Gasteiger partial charge is 0.0685 e. The Morgan fingerprint density at radius 2 is 1.75 bits per heavy atom. The molecule has 2 fully saturated rings. The van der Waals surface area contributed by atoms with Gasteiger partial charge in [-0.25, -0.2) is 0 Å². The lowest BCUT2D eigenvalue weighted by molar-refractivity contribution is -0.0781.